The molecule has 3 aliphatic rings. The molecule has 1 atom stereocenters. The van der Waals surface area contributed by atoms with Crippen LogP contribution in [0.5, 0.6) is 11.5 Å². The molecule has 33 heavy (non-hydrogen) atoms. The van der Waals surface area contributed by atoms with Crippen LogP contribution >= 0.6 is 0 Å². The van der Waals surface area contributed by atoms with Gasteiger partial charge in [0.2, 0.25) is 5.91 Å². The number of hydrogen-bond donors (Lipinski definition) is 3. The number of amides is 1. The van der Waals surface area contributed by atoms with Crippen LogP contribution in [-0.4, -0.2) is 41.4 Å². The lowest BCUT2D eigenvalue weighted by molar-refractivity contribution is -0.118. The highest BCUT2D eigenvalue weighted by molar-refractivity contribution is 6.01. The van der Waals surface area contributed by atoms with Gasteiger partial charge in [-0.05, 0) is 79.0 Å². The Kier molecular flexibility index (Phi) is 5.31. The second-order valence-electron chi connectivity index (χ2n) is 10.9. The van der Waals surface area contributed by atoms with Crippen molar-refractivity contribution < 1.29 is 19.7 Å². The maximum atomic E-state index is 13.2. The molecule has 1 saturated carbocycles. The molecule has 2 aromatic carbocycles. The average molecular weight is 451 g/mol. The summed E-state index contributed by atoms with van der Waals surface area (Å²) in [5, 5.41) is 22.7. The van der Waals surface area contributed by atoms with Crippen molar-refractivity contribution in [3.05, 3.63) is 47.5 Å². The first-order chi connectivity index (χ1) is 15.7. The summed E-state index contributed by atoms with van der Waals surface area (Å²) in [6, 6.07) is 11.9. The van der Waals surface area contributed by atoms with Crippen LogP contribution in [0.4, 0.5) is 11.4 Å². The molecule has 0 aromatic heterocycles. The predicted molar refractivity (Wildman–Crippen MR) is 129 cm³/mol. The van der Waals surface area contributed by atoms with Gasteiger partial charge in [0.05, 0.1) is 5.41 Å². The predicted octanol–water partition coefficient (Wildman–Crippen LogP) is 4.72. The summed E-state index contributed by atoms with van der Waals surface area (Å²) in [4.78, 5) is 15.9. The van der Waals surface area contributed by atoms with E-state index in [1.807, 2.05) is 6.07 Å². The molecule has 3 N–H and O–H groups in total. The minimum atomic E-state index is -0.633. The Balaban J connectivity index is 1.39. The van der Waals surface area contributed by atoms with Gasteiger partial charge in [-0.1, -0.05) is 26.8 Å². The first-order valence-corrected chi connectivity index (χ1v) is 12.0. The number of anilines is 2. The van der Waals surface area contributed by atoms with Crippen LogP contribution in [0.2, 0.25) is 0 Å². The highest BCUT2D eigenvalue weighted by Crippen LogP contribution is 2.51. The van der Waals surface area contributed by atoms with Crippen LogP contribution in [0.3, 0.4) is 0 Å². The van der Waals surface area contributed by atoms with Gasteiger partial charge in [0.25, 0.3) is 0 Å². The molecule has 2 aliphatic heterocycles. The van der Waals surface area contributed by atoms with E-state index in [0.717, 1.165) is 56.6 Å². The third-order valence-corrected chi connectivity index (χ3v) is 7.66. The maximum absolute atomic E-state index is 13.2. The molecule has 5 rings (SSSR count). The minimum absolute atomic E-state index is 0.0563. The quantitative estimate of drug-likeness (QED) is 0.587. The zero-order chi connectivity index (χ0) is 23.4. The molecule has 2 aromatic rings. The molecule has 1 aliphatic carbocycles. The molecular weight excluding hydrogens is 416 g/mol. The summed E-state index contributed by atoms with van der Waals surface area (Å²) >= 11 is 0. The Hall–Kier alpha value is -2.73. The van der Waals surface area contributed by atoms with Crippen molar-refractivity contribution in [3.8, 4) is 11.5 Å². The number of nitrogens with zero attached hydrogens (tertiary/aromatic N) is 1. The number of carbonyl (C=O) groups is 1. The molecule has 176 valence electrons. The van der Waals surface area contributed by atoms with E-state index in [4.69, 9.17) is 4.74 Å². The number of rotatable bonds is 4. The fourth-order valence-electron chi connectivity index (χ4n) is 5.53. The lowest BCUT2D eigenvalue weighted by Crippen LogP contribution is -2.49. The van der Waals surface area contributed by atoms with Crippen LogP contribution in [0.25, 0.3) is 0 Å². The van der Waals surface area contributed by atoms with E-state index in [1.165, 1.54) is 23.4 Å². The van der Waals surface area contributed by atoms with E-state index >= 15 is 0 Å². The summed E-state index contributed by atoms with van der Waals surface area (Å²) in [6.45, 7) is 8.56. The normalized spacial score (nSPS) is 22.2. The largest absolute Gasteiger partial charge is 0.504 e. The van der Waals surface area contributed by atoms with E-state index in [2.05, 4.69) is 43.1 Å². The highest BCUT2D eigenvalue weighted by atomic mass is 16.5. The van der Waals surface area contributed by atoms with E-state index in [0.29, 0.717) is 12.1 Å². The van der Waals surface area contributed by atoms with Gasteiger partial charge in [-0.3, -0.25) is 4.79 Å². The number of aromatic hydroxyl groups is 2. The molecule has 0 radical (unpaired) electrons. The third-order valence-electron chi connectivity index (χ3n) is 7.66. The molecule has 0 bridgehead atoms. The molecule has 2 heterocycles. The van der Waals surface area contributed by atoms with E-state index in [9.17, 15) is 15.0 Å². The number of fused-ring (bicyclic) bond motifs is 1. The van der Waals surface area contributed by atoms with Crippen LogP contribution in [0.1, 0.15) is 57.6 Å². The summed E-state index contributed by atoms with van der Waals surface area (Å²) < 4.78 is 5.62. The van der Waals surface area contributed by atoms with Crippen molar-refractivity contribution in [2.75, 3.05) is 23.4 Å². The number of nitrogens with one attached hydrogen (secondary N) is 1. The number of phenolic OH excluding ortho intramolecular Hbond substituents is 2. The summed E-state index contributed by atoms with van der Waals surface area (Å²) in [6.07, 6.45) is 4.53. The average Bonchev–Trinajstić information content (AvgIpc) is 3.50. The van der Waals surface area contributed by atoms with Gasteiger partial charge in [0.1, 0.15) is 0 Å². The third kappa shape index (κ3) is 3.95. The first kappa shape index (κ1) is 22.1. The van der Waals surface area contributed by atoms with Gasteiger partial charge < -0.3 is 25.2 Å². The fraction of sp³-hybridized carbons (Fsp3) is 0.519. The Morgan fingerprint density at radius 1 is 1.06 bits per heavy atom. The minimum Gasteiger partial charge on any atom is -0.504 e. The summed E-state index contributed by atoms with van der Waals surface area (Å²) in [7, 11) is 0. The molecule has 6 nitrogen and oxygen atoms in total. The molecule has 1 amide bonds. The van der Waals surface area contributed by atoms with Gasteiger partial charge >= 0.3 is 0 Å². The Bertz CT molecular complexity index is 1060. The first-order valence-electron chi connectivity index (χ1n) is 12.0. The van der Waals surface area contributed by atoms with Crippen molar-refractivity contribution in [2.45, 2.75) is 70.4 Å². The second-order valence-corrected chi connectivity index (χ2v) is 10.9. The molecule has 6 heteroatoms. The van der Waals surface area contributed by atoms with Crippen LogP contribution in [-0.2, 0) is 21.4 Å². The lowest BCUT2D eigenvalue weighted by atomic mass is 9.83. The number of ether oxygens (including phenoxy) is 1. The maximum Gasteiger partial charge on any atom is 0.235 e. The highest BCUT2D eigenvalue weighted by Gasteiger charge is 2.51. The van der Waals surface area contributed by atoms with Gasteiger partial charge in [-0.2, -0.15) is 0 Å². The molecule has 1 saturated heterocycles. The van der Waals surface area contributed by atoms with Gasteiger partial charge in [-0.25, -0.2) is 0 Å². The van der Waals surface area contributed by atoms with Crippen molar-refractivity contribution >= 4 is 17.3 Å². The second kappa shape index (κ2) is 7.94. The summed E-state index contributed by atoms with van der Waals surface area (Å²) in [5.41, 5.74) is 3.63. The zero-order valence-corrected chi connectivity index (χ0v) is 19.7. The van der Waals surface area contributed by atoms with Crippen molar-refractivity contribution in [1.82, 2.24) is 0 Å². The van der Waals surface area contributed by atoms with E-state index in [1.54, 1.807) is 6.07 Å². The smallest absolute Gasteiger partial charge is 0.235 e. The van der Waals surface area contributed by atoms with Crippen LogP contribution in [0, 0.1) is 5.41 Å². The van der Waals surface area contributed by atoms with Crippen LogP contribution in [0.15, 0.2) is 36.4 Å². The number of carbonyl (C=O) groups excluding carboxylic acids is 1. The van der Waals surface area contributed by atoms with E-state index < -0.39 is 5.41 Å². The number of hydrogen-bond acceptors (Lipinski definition) is 5. The van der Waals surface area contributed by atoms with Crippen molar-refractivity contribution in [3.63, 3.8) is 0 Å². The van der Waals surface area contributed by atoms with Crippen LogP contribution < -0.4 is 10.2 Å². The zero-order valence-electron chi connectivity index (χ0n) is 19.7. The van der Waals surface area contributed by atoms with Gasteiger partial charge in [0.15, 0.2) is 11.5 Å². The van der Waals surface area contributed by atoms with Crippen molar-refractivity contribution in [1.29, 1.82) is 0 Å². The SMILES string of the molecule is CC(C)(C)C1Cc2cc(NC(=O)C3(c4ccc(O)c(O)c4)CC3)ccc2N1C1CCOCC1. The lowest BCUT2D eigenvalue weighted by Gasteiger charge is -2.43. The van der Waals surface area contributed by atoms with Gasteiger partial charge in [-0.15, -0.1) is 0 Å². The Morgan fingerprint density at radius 2 is 1.79 bits per heavy atom. The number of benzene rings is 2. The van der Waals surface area contributed by atoms with E-state index in [-0.39, 0.29) is 22.8 Å². The summed E-state index contributed by atoms with van der Waals surface area (Å²) in [5.74, 6) is -0.416. The topological polar surface area (TPSA) is 82.0 Å². The fourth-order valence-corrected chi connectivity index (χ4v) is 5.53. The Labute approximate surface area is 195 Å². The molecule has 2 fully saturated rings. The monoisotopic (exact) mass is 450 g/mol. The van der Waals surface area contributed by atoms with Gasteiger partial charge in [0, 0.05) is 36.7 Å². The molecule has 0 spiro atoms. The molecular formula is C27H34N2O4. The standard InChI is InChI=1S/C27H34N2O4/c1-26(2,3)24-15-17-14-19(5-6-21(17)29(24)20-8-12-33-13-9-20)28-25(32)27(10-11-27)18-4-7-22(30)23(31)16-18/h4-7,14,16,20,24,30-31H,8-13,15H2,1-3H3,(H,28,32). The Morgan fingerprint density at radius 3 is 2.42 bits per heavy atom. The number of phenols is 2. The van der Waals surface area contributed by atoms with Crippen molar-refractivity contribution in [2.24, 2.45) is 5.41 Å². The molecule has 1 unspecified atom stereocenters.